The van der Waals surface area contributed by atoms with E-state index in [4.69, 9.17) is 28.3 Å². The number of aliphatic carboxylic acids is 1. The van der Waals surface area contributed by atoms with Crippen LogP contribution in [0.25, 0.3) is 0 Å². The normalized spacial score (nSPS) is 11.5. The Morgan fingerprint density at radius 3 is 2.20 bits per heavy atom. The quantitative estimate of drug-likeness (QED) is 0.885. The van der Waals surface area contributed by atoms with Crippen LogP contribution in [-0.2, 0) is 11.2 Å². The first-order chi connectivity index (χ1) is 6.84. The van der Waals surface area contributed by atoms with Crippen LogP contribution in [0.1, 0.15) is 19.4 Å². The molecule has 0 aliphatic rings. The second-order valence-electron chi connectivity index (χ2n) is 4.07. The standard InChI is InChI=1S/C11H12Cl2O2/c1-11(2,10(14)15)6-7-8(12)4-3-5-9(7)13/h3-5H,6H2,1-2H3,(H,14,15). The molecule has 0 saturated heterocycles. The zero-order chi connectivity index (χ0) is 11.6. The van der Waals surface area contributed by atoms with Gasteiger partial charge in [0.25, 0.3) is 0 Å². The van der Waals surface area contributed by atoms with E-state index in [0.29, 0.717) is 22.0 Å². The van der Waals surface area contributed by atoms with Gasteiger partial charge in [0.05, 0.1) is 5.41 Å². The Balaban J connectivity index is 3.04. The fourth-order valence-corrected chi connectivity index (χ4v) is 1.75. The first-order valence-corrected chi connectivity index (χ1v) is 5.26. The van der Waals surface area contributed by atoms with E-state index in [1.165, 1.54) is 0 Å². The van der Waals surface area contributed by atoms with E-state index in [2.05, 4.69) is 0 Å². The SMILES string of the molecule is CC(C)(Cc1c(Cl)cccc1Cl)C(=O)O. The van der Waals surface area contributed by atoms with Crippen LogP contribution in [0.3, 0.4) is 0 Å². The number of halogens is 2. The summed E-state index contributed by atoms with van der Waals surface area (Å²) in [5.74, 6) is -0.863. The monoisotopic (exact) mass is 246 g/mol. The molecule has 15 heavy (non-hydrogen) atoms. The van der Waals surface area contributed by atoms with Gasteiger partial charge in [0.15, 0.2) is 0 Å². The zero-order valence-electron chi connectivity index (χ0n) is 8.55. The fraction of sp³-hybridized carbons (Fsp3) is 0.364. The smallest absolute Gasteiger partial charge is 0.309 e. The molecule has 0 bridgehead atoms. The van der Waals surface area contributed by atoms with Crippen molar-refractivity contribution in [3.8, 4) is 0 Å². The Hall–Kier alpha value is -0.730. The summed E-state index contributed by atoms with van der Waals surface area (Å²) in [4.78, 5) is 11.0. The lowest BCUT2D eigenvalue weighted by Gasteiger charge is -2.20. The summed E-state index contributed by atoms with van der Waals surface area (Å²) in [5, 5.41) is 10.0. The highest BCUT2D eigenvalue weighted by Gasteiger charge is 2.29. The van der Waals surface area contributed by atoms with Crippen LogP contribution in [0, 0.1) is 5.41 Å². The van der Waals surface area contributed by atoms with E-state index < -0.39 is 11.4 Å². The fourth-order valence-electron chi connectivity index (χ4n) is 1.22. The number of carboxylic acid groups (broad SMARTS) is 1. The Kier molecular flexibility index (Phi) is 3.63. The van der Waals surface area contributed by atoms with Crippen LogP contribution in [-0.4, -0.2) is 11.1 Å². The molecule has 0 unspecified atom stereocenters. The Bertz CT molecular complexity index is 366. The third-order valence-electron chi connectivity index (χ3n) is 2.26. The Morgan fingerprint density at radius 2 is 1.80 bits per heavy atom. The lowest BCUT2D eigenvalue weighted by Crippen LogP contribution is -2.26. The van der Waals surface area contributed by atoms with Crippen LogP contribution in [0.5, 0.6) is 0 Å². The molecule has 4 heteroatoms. The van der Waals surface area contributed by atoms with Gasteiger partial charge < -0.3 is 5.11 Å². The molecule has 0 fully saturated rings. The van der Waals surface area contributed by atoms with E-state index in [1.807, 2.05) is 0 Å². The van der Waals surface area contributed by atoms with Gasteiger partial charge in [-0.25, -0.2) is 0 Å². The van der Waals surface area contributed by atoms with Gasteiger partial charge in [-0.3, -0.25) is 4.79 Å². The molecule has 0 heterocycles. The zero-order valence-corrected chi connectivity index (χ0v) is 10.1. The van der Waals surface area contributed by atoms with Crippen LogP contribution >= 0.6 is 23.2 Å². The van der Waals surface area contributed by atoms with Gasteiger partial charge in [-0.2, -0.15) is 0 Å². The third kappa shape index (κ3) is 2.86. The maximum Gasteiger partial charge on any atom is 0.309 e. The van der Waals surface area contributed by atoms with Crippen molar-refractivity contribution >= 4 is 29.2 Å². The molecular formula is C11H12Cl2O2. The van der Waals surface area contributed by atoms with Crippen LogP contribution in [0.15, 0.2) is 18.2 Å². The maximum atomic E-state index is 11.0. The van der Waals surface area contributed by atoms with E-state index in [1.54, 1.807) is 32.0 Å². The van der Waals surface area contributed by atoms with Gasteiger partial charge in [-0.15, -0.1) is 0 Å². The number of benzene rings is 1. The average Bonchev–Trinajstić information content (AvgIpc) is 2.11. The number of hydrogen-bond acceptors (Lipinski definition) is 1. The van der Waals surface area contributed by atoms with Crippen molar-refractivity contribution in [1.29, 1.82) is 0 Å². The van der Waals surface area contributed by atoms with Crippen molar-refractivity contribution in [2.24, 2.45) is 5.41 Å². The second-order valence-corrected chi connectivity index (χ2v) is 4.88. The van der Waals surface area contributed by atoms with Crippen molar-refractivity contribution < 1.29 is 9.90 Å². The van der Waals surface area contributed by atoms with Gasteiger partial charge >= 0.3 is 5.97 Å². The summed E-state index contributed by atoms with van der Waals surface area (Å²) in [6, 6.07) is 5.16. The molecule has 0 aliphatic carbocycles. The van der Waals surface area contributed by atoms with Crippen molar-refractivity contribution in [3.63, 3.8) is 0 Å². The number of carbonyl (C=O) groups is 1. The van der Waals surface area contributed by atoms with Gasteiger partial charge in [0.2, 0.25) is 0 Å². The molecule has 0 amide bonds. The summed E-state index contributed by atoms with van der Waals surface area (Å²) in [6.07, 6.45) is 0.320. The summed E-state index contributed by atoms with van der Waals surface area (Å²) in [5.41, 5.74) is -0.178. The first-order valence-electron chi connectivity index (χ1n) is 4.51. The lowest BCUT2D eigenvalue weighted by molar-refractivity contribution is -0.146. The highest BCUT2D eigenvalue weighted by molar-refractivity contribution is 6.36. The topological polar surface area (TPSA) is 37.3 Å². The molecule has 0 aliphatic heterocycles. The van der Waals surface area contributed by atoms with Crippen molar-refractivity contribution in [3.05, 3.63) is 33.8 Å². The number of hydrogen-bond donors (Lipinski definition) is 1. The molecule has 0 aromatic heterocycles. The highest BCUT2D eigenvalue weighted by atomic mass is 35.5. The van der Waals surface area contributed by atoms with Crippen LogP contribution in [0.4, 0.5) is 0 Å². The predicted octanol–water partition coefficient (Wildman–Crippen LogP) is 3.65. The molecule has 0 spiro atoms. The first kappa shape index (κ1) is 12.3. The van der Waals surface area contributed by atoms with Gasteiger partial charge in [-0.05, 0) is 38.0 Å². The summed E-state index contributed by atoms with van der Waals surface area (Å²) < 4.78 is 0. The molecule has 0 saturated carbocycles. The molecule has 1 aromatic rings. The predicted molar refractivity (Wildman–Crippen MR) is 61.6 cm³/mol. The van der Waals surface area contributed by atoms with Crippen molar-refractivity contribution in [2.75, 3.05) is 0 Å². The summed E-state index contributed by atoms with van der Waals surface area (Å²) in [7, 11) is 0. The van der Waals surface area contributed by atoms with Gasteiger partial charge in [0, 0.05) is 10.0 Å². The number of rotatable bonds is 3. The molecule has 1 aromatic carbocycles. The van der Waals surface area contributed by atoms with Crippen LogP contribution < -0.4 is 0 Å². The molecular weight excluding hydrogens is 235 g/mol. The minimum Gasteiger partial charge on any atom is -0.481 e. The average molecular weight is 247 g/mol. The molecule has 0 radical (unpaired) electrons. The number of carboxylic acids is 1. The summed E-state index contributed by atoms with van der Waals surface area (Å²) in [6.45, 7) is 3.30. The lowest BCUT2D eigenvalue weighted by atomic mass is 9.86. The van der Waals surface area contributed by atoms with Gasteiger partial charge in [0.1, 0.15) is 0 Å². The van der Waals surface area contributed by atoms with Crippen LogP contribution in [0.2, 0.25) is 10.0 Å². The molecule has 1 rings (SSSR count). The molecule has 82 valence electrons. The second kappa shape index (κ2) is 4.42. The maximum absolute atomic E-state index is 11.0. The largest absolute Gasteiger partial charge is 0.481 e. The van der Waals surface area contributed by atoms with Crippen molar-refractivity contribution in [1.82, 2.24) is 0 Å². The Labute approximate surface area is 98.8 Å². The molecule has 0 atom stereocenters. The molecule has 2 nitrogen and oxygen atoms in total. The summed E-state index contributed by atoms with van der Waals surface area (Å²) >= 11 is 11.9. The highest BCUT2D eigenvalue weighted by Crippen LogP contribution is 2.31. The third-order valence-corrected chi connectivity index (χ3v) is 2.97. The van der Waals surface area contributed by atoms with Crippen molar-refractivity contribution in [2.45, 2.75) is 20.3 Å². The minimum atomic E-state index is -0.866. The van der Waals surface area contributed by atoms with E-state index in [-0.39, 0.29) is 0 Å². The minimum absolute atomic E-state index is 0.320. The van der Waals surface area contributed by atoms with E-state index in [9.17, 15) is 4.79 Å². The van der Waals surface area contributed by atoms with E-state index in [0.717, 1.165) is 0 Å². The van der Waals surface area contributed by atoms with E-state index >= 15 is 0 Å². The Morgan fingerprint density at radius 1 is 1.33 bits per heavy atom. The van der Waals surface area contributed by atoms with Gasteiger partial charge in [-0.1, -0.05) is 29.3 Å². The molecule has 1 N–H and O–H groups in total.